The van der Waals surface area contributed by atoms with Gasteiger partial charge in [-0.25, -0.2) is 4.39 Å². The number of rotatable bonds is 4. The topological polar surface area (TPSA) is 55.6 Å². The third-order valence-corrected chi connectivity index (χ3v) is 4.78. The zero-order valence-electron chi connectivity index (χ0n) is 15.3. The van der Waals surface area contributed by atoms with E-state index in [2.05, 4.69) is 0 Å². The van der Waals surface area contributed by atoms with Crippen LogP contribution >= 0.6 is 0 Å². The van der Waals surface area contributed by atoms with Crippen LogP contribution in [0.15, 0.2) is 30.3 Å². The number of esters is 1. The van der Waals surface area contributed by atoms with Gasteiger partial charge in [-0.15, -0.1) is 0 Å². The Kier molecular flexibility index (Phi) is 5.49. The molecule has 0 saturated carbocycles. The highest BCUT2D eigenvalue weighted by Crippen LogP contribution is 2.35. The summed E-state index contributed by atoms with van der Waals surface area (Å²) < 4.78 is 58.6. The maximum atomic E-state index is 14.8. The second kappa shape index (κ2) is 7.69. The number of hydrogen-bond donors (Lipinski definition) is 1. The van der Waals surface area contributed by atoms with E-state index in [1.165, 1.54) is 12.1 Å². The molecule has 1 aliphatic heterocycles. The molecule has 0 aromatic heterocycles. The van der Waals surface area contributed by atoms with E-state index in [1.807, 2.05) is 0 Å². The van der Waals surface area contributed by atoms with E-state index in [9.17, 15) is 22.4 Å². The van der Waals surface area contributed by atoms with E-state index in [4.69, 9.17) is 10.5 Å². The van der Waals surface area contributed by atoms with Gasteiger partial charge in [-0.3, -0.25) is 4.79 Å². The number of fused-ring (bicyclic) bond motifs is 1. The fourth-order valence-corrected chi connectivity index (χ4v) is 3.33. The monoisotopic (exact) mass is 396 g/mol. The summed E-state index contributed by atoms with van der Waals surface area (Å²) in [4.78, 5) is 13.3. The number of anilines is 2. The number of carbonyl (C=O) groups is 1. The number of nitrogens with two attached hydrogens (primary N) is 1. The minimum Gasteiger partial charge on any atom is -0.466 e. The van der Waals surface area contributed by atoms with E-state index in [0.717, 1.165) is 17.7 Å². The smallest absolute Gasteiger partial charge is 0.416 e. The summed E-state index contributed by atoms with van der Waals surface area (Å²) >= 11 is 0. The maximum absolute atomic E-state index is 14.8. The molecule has 0 aliphatic carbocycles. The van der Waals surface area contributed by atoms with Gasteiger partial charge < -0.3 is 15.4 Å². The summed E-state index contributed by atoms with van der Waals surface area (Å²) in [7, 11) is 0. The number of benzene rings is 2. The molecule has 4 nitrogen and oxygen atoms in total. The van der Waals surface area contributed by atoms with E-state index in [0.29, 0.717) is 24.1 Å². The highest BCUT2D eigenvalue weighted by molar-refractivity contribution is 5.76. The molecule has 1 aliphatic rings. The molecule has 1 heterocycles. The fraction of sp³-hybridized carbons (Fsp3) is 0.350. The van der Waals surface area contributed by atoms with Gasteiger partial charge in [0, 0.05) is 13.1 Å². The van der Waals surface area contributed by atoms with Crippen LogP contribution in [0.5, 0.6) is 0 Å². The second-order valence-electron chi connectivity index (χ2n) is 6.61. The lowest BCUT2D eigenvalue weighted by Gasteiger charge is -2.32. The van der Waals surface area contributed by atoms with Crippen molar-refractivity contribution in [3.8, 4) is 0 Å². The summed E-state index contributed by atoms with van der Waals surface area (Å²) in [6.45, 7) is 2.48. The van der Waals surface area contributed by atoms with Crippen LogP contribution in [0.4, 0.5) is 28.9 Å². The highest BCUT2D eigenvalue weighted by Gasteiger charge is 2.32. The molecular formula is C20H20F4N2O2. The fourth-order valence-electron chi connectivity index (χ4n) is 3.33. The SMILES string of the molecule is CCOC(=O)Cc1ccc(N2CCc3ccc(C(F)(F)F)cc3C2)c(F)c1N. The molecule has 2 aromatic rings. The summed E-state index contributed by atoms with van der Waals surface area (Å²) in [5.74, 6) is -1.19. The minimum atomic E-state index is -4.43. The molecule has 8 heteroatoms. The molecule has 150 valence electrons. The van der Waals surface area contributed by atoms with E-state index in [1.54, 1.807) is 17.9 Å². The van der Waals surface area contributed by atoms with Gasteiger partial charge >= 0.3 is 12.1 Å². The molecule has 0 saturated heterocycles. The van der Waals surface area contributed by atoms with Gasteiger partial charge in [0.25, 0.3) is 0 Å². The number of hydrogen-bond acceptors (Lipinski definition) is 4. The largest absolute Gasteiger partial charge is 0.466 e. The quantitative estimate of drug-likeness (QED) is 0.480. The standard InChI is InChI=1S/C20H20F4N2O2/c1-2-28-17(27)10-13-4-6-16(18(21)19(13)25)26-8-7-12-3-5-15(20(22,23)24)9-14(12)11-26/h3-6,9H,2,7-8,10-11,25H2,1H3. The average Bonchev–Trinajstić information content (AvgIpc) is 2.64. The highest BCUT2D eigenvalue weighted by atomic mass is 19.4. The Hall–Kier alpha value is -2.77. The van der Waals surface area contributed by atoms with Crippen molar-refractivity contribution in [2.24, 2.45) is 0 Å². The third kappa shape index (κ3) is 4.05. The molecular weight excluding hydrogens is 376 g/mol. The Bertz CT molecular complexity index is 897. The summed E-state index contributed by atoms with van der Waals surface area (Å²) in [5, 5.41) is 0. The lowest BCUT2D eigenvalue weighted by molar-refractivity contribution is -0.142. The Labute approximate surface area is 159 Å². The number of carbonyl (C=O) groups excluding carboxylic acids is 1. The lowest BCUT2D eigenvalue weighted by Crippen LogP contribution is -2.31. The van der Waals surface area contributed by atoms with Crippen LogP contribution in [0, 0.1) is 5.82 Å². The van der Waals surface area contributed by atoms with Crippen molar-refractivity contribution in [1.29, 1.82) is 0 Å². The van der Waals surface area contributed by atoms with Gasteiger partial charge in [-0.1, -0.05) is 12.1 Å². The van der Waals surface area contributed by atoms with Gasteiger partial charge in [0.05, 0.1) is 30.0 Å². The Morgan fingerprint density at radius 2 is 1.96 bits per heavy atom. The van der Waals surface area contributed by atoms with Crippen molar-refractivity contribution < 1.29 is 27.1 Å². The van der Waals surface area contributed by atoms with Crippen molar-refractivity contribution in [2.75, 3.05) is 23.8 Å². The predicted molar refractivity (Wildman–Crippen MR) is 97.3 cm³/mol. The molecule has 2 aromatic carbocycles. The van der Waals surface area contributed by atoms with Crippen LogP contribution < -0.4 is 10.6 Å². The first-order valence-electron chi connectivity index (χ1n) is 8.87. The zero-order valence-corrected chi connectivity index (χ0v) is 15.3. The van der Waals surface area contributed by atoms with Crippen molar-refractivity contribution in [3.05, 3.63) is 58.4 Å². The van der Waals surface area contributed by atoms with Crippen molar-refractivity contribution in [2.45, 2.75) is 32.5 Å². The van der Waals surface area contributed by atoms with Crippen LogP contribution in [0.2, 0.25) is 0 Å². The van der Waals surface area contributed by atoms with Gasteiger partial charge in [-0.2, -0.15) is 13.2 Å². The molecule has 0 spiro atoms. The Morgan fingerprint density at radius 1 is 1.21 bits per heavy atom. The minimum absolute atomic E-state index is 0.144. The second-order valence-corrected chi connectivity index (χ2v) is 6.61. The molecule has 2 N–H and O–H groups in total. The van der Waals surface area contributed by atoms with Crippen LogP contribution in [-0.4, -0.2) is 19.1 Å². The number of nitrogens with zero attached hydrogens (tertiary/aromatic N) is 1. The van der Waals surface area contributed by atoms with Gasteiger partial charge in [0.1, 0.15) is 0 Å². The molecule has 0 atom stereocenters. The van der Waals surface area contributed by atoms with Crippen LogP contribution in [-0.2, 0) is 35.1 Å². The zero-order chi connectivity index (χ0) is 20.5. The molecule has 0 fully saturated rings. The van der Waals surface area contributed by atoms with Crippen LogP contribution in [0.25, 0.3) is 0 Å². The Morgan fingerprint density at radius 3 is 2.64 bits per heavy atom. The summed E-state index contributed by atoms with van der Waals surface area (Å²) in [6.07, 6.45) is -4.08. The van der Waals surface area contributed by atoms with Gasteiger partial charge in [0.2, 0.25) is 0 Å². The number of alkyl halides is 3. The molecule has 0 unspecified atom stereocenters. The molecule has 0 amide bonds. The normalized spacial score (nSPS) is 14.0. The third-order valence-electron chi connectivity index (χ3n) is 4.78. The lowest BCUT2D eigenvalue weighted by atomic mass is 9.96. The van der Waals surface area contributed by atoms with Crippen LogP contribution in [0.3, 0.4) is 0 Å². The first-order valence-corrected chi connectivity index (χ1v) is 8.87. The van der Waals surface area contributed by atoms with Crippen LogP contribution in [0.1, 0.15) is 29.2 Å². The first kappa shape index (κ1) is 20.0. The van der Waals surface area contributed by atoms with Crippen molar-refractivity contribution in [3.63, 3.8) is 0 Å². The molecule has 0 radical (unpaired) electrons. The van der Waals surface area contributed by atoms with E-state index >= 15 is 0 Å². The molecule has 0 bridgehead atoms. The predicted octanol–water partition coefficient (Wildman–Crippen LogP) is 4.10. The Balaban J connectivity index is 1.85. The van der Waals surface area contributed by atoms with Crippen molar-refractivity contribution >= 4 is 17.3 Å². The maximum Gasteiger partial charge on any atom is 0.416 e. The van der Waals surface area contributed by atoms with E-state index in [-0.39, 0.29) is 30.9 Å². The molecule has 3 rings (SSSR count). The number of ether oxygens (including phenoxy) is 1. The number of nitrogen functional groups attached to an aromatic ring is 1. The summed E-state index contributed by atoms with van der Waals surface area (Å²) in [5.41, 5.74) is 6.82. The van der Waals surface area contributed by atoms with E-state index < -0.39 is 23.5 Å². The average molecular weight is 396 g/mol. The first-order chi connectivity index (χ1) is 13.2. The summed E-state index contributed by atoms with van der Waals surface area (Å²) in [6, 6.07) is 6.70. The van der Waals surface area contributed by atoms with Crippen molar-refractivity contribution in [1.82, 2.24) is 0 Å². The van der Waals surface area contributed by atoms with Gasteiger partial charge in [0.15, 0.2) is 5.82 Å². The van der Waals surface area contributed by atoms with Gasteiger partial charge in [-0.05, 0) is 48.2 Å². The number of halogens is 4. The molecule has 28 heavy (non-hydrogen) atoms.